The number of hydrogen-bond acceptors (Lipinski definition) is 3. The summed E-state index contributed by atoms with van der Waals surface area (Å²) >= 11 is 0. The molecule has 1 atom stereocenters. The fourth-order valence-electron chi connectivity index (χ4n) is 2.01. The van der Waals surface area contributed by atoms with E-state index in [-0.39, 0.29) is 5.56 Å². The van der Waals surface area contributed by atoms with Gasteiger partial charge in [0.15, 0.2) is 0 Å². The van der Waals surface area contributed by atoms with Gasteiger partial charge >= 0.3 is 5.97 Å². The van der Waals surface area contributed by atoms with Crippen LogP contribution in [0, 0.1) is 0 Å². The molecule has 1 fully saturated rings. The van der Waals surface area contributed by atoms with E-state index in [1.165, 1.54) is 17.2 Å². The van der Waals surface area contributed by atoms with E-state index in [0.717, 1.165) is 0 Å². The van der Waals surface area contributed by atoms with Gasteiger partial charge in [-0.2, -0.15) is 0 Å². The Balaban J connectivity index is 2.29. The fourth-order valence-corrected chi connectivity index (χ4v) is 2.01. The number of amides is 1. The van der Waals surface area contributed by atoms with E-state index in [1.54, 1.807) is 6.07 Å². The number of carboxylic acid groups (broad SMARTS) is 1. The van der Waals surface area contributed by atoms with Crippen molar-refractivity contribution in [3.8, 4) is 0 Å². The molecule has 1 aromatic heterocycles. The topological polar surface area (TPSA) is 90.5 Å². The Hall–Kier alpha value is -2.11. The van der Waals surface area contributed by atoms with Gasteiger partial charge in [-0.15, -0.1) is 0 Å². The highest BCUT2D eigenvalue weighted by molar-refractivity contribution is 5.96. The van der Waals surface area contributed by atoms with Crippen LogP contribution in [0.5, 0.6) is 0 Å². The predicted octanol–water partition coefficient (Wildman–Crippen LogP) is 0.0641. The number of aromatic nitrogens is 1. The Morgan fingerprint density at radius 2 is 2.24 bits per heavy atom. The average Bonchev–Trinajstić information content (AvgIpc) is 2.77. The van der Waals surface area contributed by atoms with Crippen molar-refractivity contribution in [2.75, 3.05) is 6.54 Å². The number of hydrogen-bond donors (Lipinski definition) is 2. The van der Waals surface area contributed by atoms with E-state index in [1.807, 2.05) is 0 Å². The smallest absolute Gasteiger partial charge is 0.326 e. The first-order chi connectivity index (χ1) is 8.11. The van der Waals surface area contributed by atoms with Crippen LogP contribution in [-0.4, -0.2) is 39.5 Å². The van der Waals surface area contributed by atoms with E-state index in [9.17, 15) is 14.4 Å². The second-order valence-electron chi connectivity index (χ2n) is 3.91. The molecule has 2 N–H and O–H groups in total. The molecule has 6 nitrogen and oxygen atoms in total. The van der Waals surface area contributed by atoms with Crippen LogP contribution in [-0.2, 0) is 4.79 Å². The summed E-state index contributed by atoms with van der Waals surface area (Å²) < 4.78 is 0. The molecule has 0 bridgehead atoms. The van der Waals surface area contributed by atoms with Crippen molar-refractivity contribution in [3.63, 3.8) is 0 Å². The third-order valence-corrected chi connectivity index (χ3v) is 2.85. The molecule has 0 aromatic carbocycles. The summed E-state index contributed by atoms with van der Waals surface area (Å²) in [5.41, 5.74) is -0.505. The SMILES string of the molecule is O=C(O)[C@@H]1CCCN1C(=O)c1ccc[nH]c1=O. The lowest BCUT2D eigenvalue weighted by Crippen LogP contribution is -2.42. The Morgan fingerprint density at radius 1 is 1.47 bits per heavy atom. The van der Waals surface area contributed by atoms with Crippen LogP contribution >= 0.6 is 0 Å². The summed E-state index contributed by atoms with van der Waals surface area (Å²) in [5, 5.41) is 8.97. The molecular weight excluding hydrogens is 224 g/mol. The highest BCUT2D eigenvalue weighted by Gasteiger charge is 2.35. The number of aliphatic carboxylic acids is 1. The number of aromatic amines is 1. The van der Waals surface area contributed by atoms with Gasteiger partial charge in [-0.1, -0.05) is 0 Å². The molecule has 0 unspecified atom stereocenters. The number of H-pyrrole nitrogens is 1. The molecule has 0 spiro atoms. The normalized spacial score (nSPS) is 19.3. The van der Waals surface area contributed by atoms with Gasteiger partial charge in [0, 0.05) is 12.7 Å². The van der Waals surface area contributed by atoms with E-state index in [4.69, 9.17) is 5.11 Å². The minimum atomic E-state index is -1.02. The van der Waals surface area contributed by atoms with Crippen LogP contribution in [0.3, 0.4) is 0 Å². The first kappa shape index (κ1) is 11.4. The van der Waals surface area contributed by atoms with Crippen molar-refractivity contribution < 1.29 is 14.7 Å². The second kappa shape index (κ2) is 4.40. The Kier molecular flexibility index (Phi) is 2.95. The quantitative estimate of drug-likeness (QED) is 0.759. The summed E-state index contributed by atoms with van der Waals surface area (Å²) in [6.07, 6.45) is 2.51. The van der Waals surface area contributed by atoms with Crippen molar-refractivity contribution in [3.05, 3.63) is 34.2 Å². The highest BCUT2D eigenvalue weighted by Crippen LogP contribution is 2.19. The summed E-state index contributed by atoms with van der Waals surface area (Å²) in [4.78, 5) is 38.1. The van der Waals surface area contributed by atoms with Crippen molar-refractivity contribution in [2.24, 2.45) is 0 Å². The summed E-state index contributed by atoms with van der Waals surface area (Å²) in [6.45, 7) is 0.379. The van der Waals surface area contributed by atoms with Gasteiger partial charge in [-0.25, -0.2) is 4.79 Å². The van der Waals surface area contributed by atoms with Crippen LogP contribution in [0.2, 0.25) is 0 Å². The summed E-state index contributed by atoms with van der Waals surface area (Å²) in [6, 6.07) is 2.13. The number of carbonyl (C=O) groups is 2. The minimum absolute atomic E-state index is 0.0133. The first-order valence-corrected chi connectivity index (χ1v) is 5.32. The second-order valence-corrected chi connectivity index (χ2v) is 3.91. The Bertz CT molecular complexity index is 508. The number of nitrogens with zero attached hydrogens (tertiary/aromatic N) is 1. The van der Waals surface area contributed by atoms with Gasteiger partial charge in [-0.3, -0.25) is 9.59 Å². The van der Waals surface area contributed by atoms with Crippen LogP contribution in [0.15, 0.2) is 23.1 Å². The number of carboxylic acids is 1. The maximum Gasteiger partial charge on any atom is 0.326 e. The number of nitrogens with one attached hydrogen (secondary N) is 1. The average molecular weight is 236 g/mol. The molecule has 17 heavy (non-hydrogen) atoms. The molecule has 2 heterocycles. The largest absolute Gasteiger partial charge is 0.480 e. The Labute approximate surface area is 96.9 Å². The third kappa shape index (κ3) is 2.06. The monoisotopic (exact) mass is 236 g/mol. The molecule has 90 valence electrons. The van der Waals surface area contributed by atoms with Gasteiger partial charge in [0.05, 0.1) is 0 Å². The van der Waals surface area contributed by atoms with Gasteiger partial charge in [0.2, 0.25) is 0 Å². The molecule has 1 saturated heterocycles. The number of carbonyl (C=O) groups excluding carboxylic acids is 1. The standard InChI is InChI=1S/C11H12N2O4/c14-9-7(3-1-5-12-9)10(15)13-6-2-4-8(13)11(16)17/h1,3,5,8H,2,4,6H2,(H,12,14)(H,16,17)/t8-/m0/s1. The number of pyridine rings is 1. The zero-order chi connectivity index (χ0) is 12.4. The zero-order valence-corrected chi connectivity index (χ0v) is 9.05. The maximum absolute atomic E-state index is 12.0. The molecule has 0 saturated carbocycles. The lowest BCUT2D eigenvalue weighted by molar-refractivity contribution is -0.141. The molecule has 0 aliphatic carbocycles. The van der Waals surface area contributed by atoms with Crippen LogP contribution < -0.4 is 5.56 Å². The summed E-state index contributed by atoms with van der Waals surface area (Å²) in [5.74, 6) is -1.54. The maximum atomic E-state index is 12.0. The molecule has 2 rings (SSSR count). The van der Waals surface area contributed by atoms with Gasteiger partial charge in [-0.05, 0) is 25.0 Å². The van der Waals surface area contributed by atoms with Gasteiger partial charge < -0.3 is 15.0 Å². The molecule has 1 aromatic rings. The van der Waals surface area contributed by atoms with E-state index >= 15 is 0 Å². The number of likely N-dealkylation sites (tertiary alicyclic amines) is 1. The third-order valence-electron chi connectivity index (χ3n) is 2.85. The lowest BCUT2D eigenvalue weighted by atomic mass is 10.2. The Morgan fingerprint density at radius 3 is 2.88 bits per heavy atom. The molecule has 1 aliphatic heterocycles. The van der Waals surface area contributed by atoms with E-state index in [2.05, 4.69) is 4.98 Å². The molecule has 0 radical (unpaired) electrons. The van der Waals surface area contributed by atoms with Crippen LogP contribution in [0.4, 0.5) is 0 Å². The fraction of sp³-hybridized carbons (Fsp3) is 0.364. The highest BCUT2D eigenvalue weighted by atomic mass is 16.4. The van der Waals surface area contributed by atoms with Gasteiger partial charge in [0.1, 0.15) is 11.6 Å². The molecule has 1 amide bonds. The van der Waals surface area contributed by atoms with Crippen LogP contribution in [0.25, 0.3) is 0 Å². The van der Waals surface area contributed by atoms with Crippen molar-refractivity contribution in [1.29, 1.82) is 0 Å². The lowest BCUT2D eigenvalue weighted by Gasteiger charge is -2.20. The van der Waals surface area contributed by atoms with Gasteiger partial charge in [0.25, 0.3) is 11.5 Å². The summed E-state index contributed by atoms with van der Waals surface area (Å²) in [7, 11) is 0. The first-order valence-electron chi connectivity index (χ1n) is 5.32. The molecule has 1 aliphatic rings. The minimum Gasteiger partial charge on any atom is -0.480 e. The molecule has 6 heteroatoms. The predicted molar refractivity (Wildman–Crippen MR) is 58.8 cm³/mol. The van der Waals surface area contributed by atoms with E-state index < -0.39 is 23.5 Å². The number of rotatable bonds is 2. The van der Waals surface area contributed by atoms with E-state index in [0.29, 0.717) is 19.4 Å². The molecular formula is C11H12N2O4. The van der Waals surface area contributed by atoms with Crippen molar-refractivity contribution in [1.82, 2.24) is 9.88 Å². The van der Waals surface area contributed by atoms with Crippen molar-refractivity contribution >= 4 is 11.9 Å². The zero-order valence-electron chi connectivity index (χ0n) is 9.05. The van der Waals surface area contributed by atoms with Crippen LogP contribution in [0.1, 0.15) is 23.2 Å². The van der Waals surface area contributed by atoms with Crippen molar-refractivity contribution in [2.45, 2.75) is 18.9 Å².